The first-order chi connectivity index (χ1) is 9.93. The molecule has 1 N–H and O–H groups in total. The van der Waals surface area contributed by atoms with Crippen molar-refractivity contribution in [1.82, 2.24) is 10.0 Å². The number of amides is 2. The molecule has 5 nitrogen and oxygen atoms in total. The number of aliphatic hydroxyl groups is 1. The van der Waals surface area contributed by atoms with Crippen molar-refractivity contribution >= 4 is 11.8 Å². The van der Waals surface area contributed by atoms with E-state index in [2.05, 4.69) is 0 Å². The lowest BCUT2D eigenvalue weighted by molar-refractivity contribution is -0.245. The molecule has 5 fully saturated rings. The van der Waals surface area contributed by atoms with Crippen LogP contribution in [0.1, 0.15) is 46.0 Å². The van der Waals surface area contributed by atoms with Gasteiger partial charge in [-0.2, -0.15) is 0 Å². The van der Waals surface area contributed by atoms with Gasteiger partial charge in [0.25, 0.3) is 11.8 Å². The molecule has 1 heterocycles. The average Bonchev–Trinajstić information content (AvgIpc) is 2.43. The Morgan fingerprint density at radius 3 is 2.14 bits per heavy atom. The minimum Gasteiger partial charge on any atom is -0.386 e. The van der Waals surface area contributed by atoms with Crippen LogP contribution in [0.3, 0.4) is 0 Å². The van der Waals surface area contributed by atoms with Crippen LogP contribution in [-0.4, -0.2) is 45.1 Å². The molecule has 4 aliphatic carbocycles. The van der Waals surface area contributed by atoms with Gasteiger partial charge in [-0.3, -0.25) is 9.59 Å². The summed E-state index contributed by atoms with van der Waals surface area (Å²) < 4.78 is 0. The molecular weight excluding hydrogens is 268 g/mol. The molecule has 2 amide bonds. The number of hydrogen-bond acceptors (Lipinski definition) is 3. The fourth-order valence-electron chi connectivity index (χ4n) is 5.75. The van der Waals surface area contributed by atoms with Gasteiger partial charge >= 0.3 is 0 Å². The van der Waals surface area contributed by atoms with Crippen molar-refractivity contribution in [2.24, 2.45) is 23.7 Å². The zero-order valence-electron chi connectivity index (χ0n) is 12.8. The number of rotatable bonds is 2. The molecule has 5 aliphatic rings. The molecule has 5 heteroatoms. The summed E-state index contributed by atoms with van der Waals surface area (Å²) in [5.74, 6) is 2.48. The lowest BCUT2D eigenvalue weighted by atomic mass is 9.53. The monoisotopic (exact) mass is 292 g/mol. The molecule has 1 saturated heterocycles. The first-order valence-corrected chi connectivity index (χ1v) is 8.21. The molecule has 0 aromatic heterocycles. The standard InChI is InChI=1S/C16H24N2O3/c1-16(2)15(21)17(18(16)13(20)8-19)14-11-4-9-3-10(6-11)7-12(14)5-9/h9-12,14,19H,3-8H2,1-2H3. The van der Waals surface area contributed by atoms with E-state index in [4.69, 9.17) is 0 Å². The van der Waals surface area contributed by atoms with E-state index >= 15 is 0 Å². The predicted molar refractivity (Wildman–Crippen MR) is 75.7 cm³/mol. The van der Waals surface area contributed by atoms with Gasteiger partial charge in [0.05, 0.1) is 6.04 Å². The Bertz CT molecular complexity index is 474. The van der Waals surface area contributed by atoms with Crippen LogP contribution >= 0.6 is 0 Å². The number of nitrogens with zero attached hydrogens (tertiary/aromatic N) is 2. The topological polar surface area (TPSA) is 60.9 Å². The largest absolute Gasteiger partial charge is 0.386 e. The molecular formula is C16H24N2O3. The molecule has 0 unspecified atom stereocenters. The van der Waals surface area contributed by atoms with Crippen LogP contribution in [0.15, 0.2) is 0 Å². The molecule has 1 aliphatic heterocycles. The molecule has 116 valence electrons. The highest BCUT2D eigenvalue weighted by Gasteiger charge is 2.62. The number of carbonyl (C=O) groups is 2. The van der Waals surface area contributed by atoms with Gasteiger partial charge in [-0.05, 0) is 69.6 Å². The highest BCUT2D eigenvalue weighted by molar-refractivity contribution is 5.98. The van der Waals surface area contributed by atoms with Gasteiger partial charge in [-0.1, -0.05) is 0 Å². The van der Waals surface area contributed by atoms with Crippen molar-refractivity contribution in [2.45, 2.75) is 57.5 Å². The van der Waals surface area contributed by atoms with Gasteiger partial charge in [-0.25, -0.2) is 10.0 Å². The van der Waals surface area contributed by atoms with Gasteiger partial charge in [0.1, 0.15) is 12.1 Å². The maximum absolute atomic E-state index is 12.6. The second kappa shape index (κ2) is 4.22. The van der Waals surface area contributed by atoms with Crippen LogP contribution < -0.4 is 0 Å². The Hall–Kier alpha value is -1.10. The smallest absolute Gasteiger partial charge is 0.268 e. The molecule has 0 aromatic carbocycles. The summed E-state index contributed by atoms with van der Waals surface area (Å²) in [5, 5.41) is 12.5. The SMILES string of the molecule is CC1(C)C(=O)N(C2C3CC4CC(C3)CC2C4)N1C(=O)CO. The molecule has 4 saturated carbocycles. The Labute approximate surface area is 125 Å². The molecule has 21 heavy (non-hydrogen) atoms. The van der Waals surface area contributed by atoms with Gasteiger partial charge < -0.3 is 5.11 Å². The summed E-state index contributed by atoms with van der Waals surface area (Å²) in [5.41, 5.74) is -0.797. The predicted octanol–water partition coefficient (Wildman–Crippen LogP) is 1.17. The summed E-state index contributed by atoms with van der Waals surface area (Å²) in [6.07, 6.45) is 6.22. The van der Waals surface area contributed by atoms with E-state index in [9.17, 15) is 14.7 Å². The molecule has 0 spiro atoms. The first kappa shape index (κ1) is 13.6. The van der Waals surface area contributed by atoms with Gasteiger partial charge in [0, 0.05) is 0 Å². The van der Waals surface area contributed by atoms with E-state index in [1.165, 1.54) is 37.1 Å². The highest BCUT2D eigenvalue weighted by Crippen LogP contribution is 2.56. The second-order valence-electron chi connectivity index (χ2n) is 7.99. The maximum atomic E-state index is 12.6. The summed E-state index contributed by atoms with van der Waals surface area (Å²) in [7, 11) is 0. The van der Waals surface area contributed by atoms with Crippen LogP contribution in [0.4, 0.5) is 0 Å². The molecule has 0 atom stereocenters. The van der Waals surface area contributed by atoms with Crippen molar-refractivity contribution < 1.29 is 14.7 Å². The Kier molecular flexibility index (Phi) is 2.72. The van der Waals surface area contributed by atoms with Crippen LogP contribution in [0.2, 0.25) is 0 Å². The van der Waals surface area contributed by atoms with E-state index in [-0.39, 0.29) is 17.9 Å². The minimum atomic E-state index is -0.797. The Morgan fingerprint density at radius 1 is 1.14 bits per heavy atom. The third kappa shape index (κ3) is 1.67. The summed E-state index contributed by atoms with van der Waals surface area (Å²) in [6, 6.07) is 0.189. The summed E-state index contributed by atoms with van der Waals surface area (Å²) >= 11 is 0. The van der Waals surface area contributed by atoms with Crippen LogP contribution in [0.5, 0.6) is 0 Å². The second-order valence-corrected chi connectivity index (χ2v) is 7.99. The van der Waals surface area contributed by atoms with E-state index in [0.717, 1.165) is 11.8 Å². The number of aliphatic hydroxyl groups excluding tert-OH is 1. The molecule has 0 radical (unpaired) electrons. The lowest BCUT2D eigenvalue weighted by Gasteiger charge is -2.64. The van der Waals surface area contributed by atoms with Crippen molar-refractivity contribution in [1.29, 1.82) is 0 Å². The third-order valence-corrected chi connectivity index (χ3v) is 6.31. The summed E-state index contributed by atoms with van der Waals surface area (Å²) in [6.45, 7) is 3.02. The van der Waals surface area contributed by atoms with E-state index in [1.807, 2.05) is 0 Å². The van der Waals surface area contributed by atoms with Gasteiger partial charge in [0.15, 0.2) is 0 Å². The summed E-state index contributed by atoms with van der Waals surface area (Å²) in [4.78, 5) is 24.7. The normalized spacial score (nSPS) is 43.2. The quantitative estimate of drug-likeness (QED) is 0.831. The fraction of sp³-hybridized carbons (Fsp3) is 0.875. The molecule has 5 rings (SSSR count). The van der Waals surface area contributed by atoms with Gasteiger partial charge in [0.2, 0.25) is 0 Å². The molecule has 0 aromatic rings. The zero-order valence-corrected chi connectivity index (χ0v) is 12.8. The Balaban J connectivity index is 1.63. The van der Waals surface area contributed by atoms with E-state index in [0.29, 0.717) is 11.8 Å². The average molecular weight is 292 g/mol. The van der Waals surface area contributed by atoms with Crippen LogP contribution in [0, 0.1) is 23.7 Å². The maximum Gasteiger partial charge on any atom is 0.268 e. The van der Waals surface area contributed by atoms with Crippen LogP contribution in [0.25, 0.3) is 0 Å². The third-order valence-electron chi connectivity index (χ3n) is 6.31. The van der Waals surface area contributed by atoms with E-state index in [1.54, 1.807) is 18.9 Å². The Morgan fingerprint density at radius 2 is 1.67 bits per heavy atom. The first-order valence-electron chi connectivity index (χ1n) is 8.21. The minimum absolute atomic E-state index is 0.0433. The molecule has 4 bridgehead atoms. The van der Waals surface area contributed by atoms with Crippen molar-refractivity contribution in [3.63, 3.8) is 0 Å². The number of hydrazine groups is 1. The van der Waals surface area contributed by atoms with Crippen molar-refractivity contribution in [2.75, 3.05) is 6.61 Å². The van der Waals surface area contributed by atoms with Gasteiger partial charge in [-0.15, -0.1) is 0 Å². The fourth-order valence-corrected chi connectivity index (χ4v) is 5.75. The lowest BCUT2D eigenvalue weighted by Crippen LogP contribution is -2.81. The van der Waals surface area contributed by atoms with Crippen molar-refractivity contribution in [3.05, 3.63) is 0 Å². The zero-order chi connectivity index (χ0) is 14.9. The van der Waals surface area contributed by atoms with Crippen molar-refractivity contribution in [3.8, 4) is 0 Å². The van der Waals surface area contributed by atoms with Crippen LogP contribution in [-0.2, 0) is 9.59 Å². The highest BCUT2D eigenvalue weighted by atomic mass is 16.3. The van der Waals surface area contributed by atoms with E-state index < -0.39 is 12.1 Å². The number of hydrogen-bond donors (Lipinski definition) is 1. The number of carbonyl (C=O) groups excluding carboxylic acids is 2.